The van der Waals surface area contributed by atoms with Crippen LogP contribution in [-0.2, 0) is 17.9 Å². The second-order valence-electron chi connectivity index (χ2n) is 7.43. The van der Waals surface area contributed by atoms with Crippen LogP contribution in [0.2, 0.25) is 0 Å². The number of benzene rings is 2. The fourth-order valence-corrected chi connectivity index (χ4v) is 2.91. The molecule has 0 atom stereocenters. The SMILES string of the molecule is Cc1ccc(NC(=O)N(Cc2ccccc2)Cc2ccco2)c(OCC(=O)N(C)C)c1. The highest BCUT2D eigenvalue weighted by atomic mass is 16.5. The molecule has 1 aromatic heterocycles. The van der Waals surface area contributed by atoms with E-state index in [2.05, 4.69) is 5.32 Å². The molecule has 1 heterocycles. The van der Waals surface area contributed by atoms with E-state index in [4.69, 9.17) is 9.15 Å². The standard InChI is InChI=1S/C24H27N3O4/c1-18-11-12-21(22(14-18)31-17-23(28)26(2)3)25-24(29)27(16-20-10-7-13-30-20)15-19-8-5-4-6-9-19/h4-14H,15-17H2,1-3H3,(H,25,29). The minimum absolute atomic E-state index is 0.112. The summed E-state index contributed by atoms with van der Waals surface area (Å²) < 4.78 is 11.1. The van der Waals surface area contributed by atoms with Gasteiger partial charge in [-0.05, 0) is 42.3 Å². The Hall–Kier alpha value is -3.74. The van der Waals surface area contributed by atoms with Crippen LogP contribution in [0.5, 0.6) is 5.75 Å². The summed E-state index contributed by atoms with van der Waals surface area (Å²) in [5.41, 5.74) is 2.46. The minimum Gasteiger partial charge on any atom is -0.482 e. The van der Waals surface area contributed by atoms with Crippen LogP contribution in [0.1, 0.15) is 16.9 Å². The van der Waals surface area contributed by atoms with E-state index in [1.54, 1.807) is 43.5 Å². The van der Waals surface area contributed by atoms with Crippen molar-refractivity contribution in [1.82, 2.24) is 9.80 Å². The highest BCUT2D eigenvalue weighted by Crippen LogP contribution is 2.26. The lowest BCUT2D eigenvalue weighted by molar-refractivity contribution is -0.130. The number of carbonyl (C=O) groups is 2. The zero-order valence-electron chi connectivity index (χ0n) is 18.0. The molecule has 1 N–H and O–H groups in total. The lowest BCUT2D eigenvalue weighted by Crippen LogP contribution is -2.34. The highest BCUT2D eigenvalue weighted by Gasteiger charge is 2.18. The third kappa shape index (κ3) is 6.37. The van der Waals surface area contributed by atoms with Crippen molar-refractivity contribution in [2.45, 2.75) is 20.0 Å². The number of urea groups is 1. The minimum atomic E-state index is -0.298. The largest absolute Gasteiger partial charge is 0.482 e. The maximum Gasteiger partial charge on any atom is 0.322 e. The van der Waals surface area contributed by atoms with Gasteiger partial charge in [-0.25, -0.2) is 4.79 Å². The Morgan fingerprint density at radius 3 is 2.45 bits per heavy atom. The van der Waals surface area contributed by atoms with E-state index in [0.29, 0.717) is 30.3 Å². The molecule has 2 aromatic carbocycles. The Balaban J connectivity index is 1.78. The Morgan fingerprint density at radius 2 is 1.77 bits per heavy atom. The summed E-state index contributed by atoms with van der Waals surface area (Å²) in [7, 11) is 3.33. The first-order valence-corrected chi connectivity index (χ1v) is 9.98. The third-order valence-electron chi connectivity index (χ3n) is 4.66. The second kappa shape index (κ2) is 10.3. The first kappa shape index (κ1) is 22.0. The maximum atomic E-state index is 13.2. The fraction of sp³-hybridized carbons (Fsp3) is 0.250. The van der Waals surface area contributed by atoms with Crippen LogP contribution in [0.15, 0.2) is 71.3 Å². The summed E-state index contributed by atoms with van der Waals surface area (Å²) in [6.07, 6.45) is 1.58. The number of nitrogens with one attached hydrogen (secondary N) is 1. The Labute approximate surface area is 182 Å². The van der Waals surface area contributed by atoms with E-state index in [1.165, 1.54) is 4.90 Å². The number of rotatable bonds is 8. The van der Waals surface area contributed by atoms with Gasteiger partial charge in [0.05, 0.1) is 18.5 Å². The number of furan rings is 1. The molecule has 3 rings (SSSR count). The van der Waals surface area contributed by atoms with Gasteiger partial charge in [0.1, 0.15) is 11.5 Å². The lowest BCUT2D eigenvalue weighted by atomic mass is 10.2. The predicted octanol–water partition coefficient (Wildman–Crippen LogP) is 4.29. The normalized spacial score (nSPS) is 10.4. The summed E-state index contributed by atoms with van der Waals surface area (Å²) in [4.78, 5) is 28.2. The van der Waals surface area contributed by atoms with Crippen molar-refractivity contribution in [1.29, 1.82) is 0 Å². The molecule has 31 heavy (non-hydrogen) atoms. The monoisotopic (exact) mass is 421 g/mol. The zero-order chi connectivity index (χ0) is 22.2. The molecule has 0 aliphatic heterocycles. The molecule has 0 saturated heterocycles. The molecule has 0 aliphatic rings. The van der Waals surface area contributed by atoms with Gasteiger partial charge >= 0.3 is 6.03 Å². The average Bonchev–Trinajstić information content (AvgIpc) is 3.27. The Morgan fingerprint density at radius 1 is 1.00 bits per heavy atom. The van der Waals surface area contributed by atoms with E-state index in [9.17, 15) is 9.59 Å². The molecule has 7 nitrogen and oxygen atoms in total. The summed E-state index contributed by atoms with van der Waals surface area (Å²) in [5, 5.41) is 2.92. The van der Waals surface area contributed by atoms with Crippen molar-refractivity contribution in [2.75, 3.05) is 26.0 Å². The average molecular weight is 421 g/mol. The van der Waals surface area contributed by atoms with Crippen molar-refractivity contribution < 1.29 is 18.7 Å². The van der Waals surface area contributed by atoms with Crippen LogP contribution >= 0.6 is 0 Å². The van der Waals surface area contributed by atoms with E-state index in [0.717, 1.165) is 11.1 Å². The van der Waals surface area contributed by atoms with Gasteiger partial charge in [-0.1, -0.05) is 36.4 Å². The summed E-state index contributed by atoms with van der Waals surface area (Å²) in [6.45, 7) is 2.54. The number of anilines is 1. The second-order valence-corrected chi connectivity index (χ2v) is 7.43. The van der Waals surface area contributed by atoms with Gasteiger partial charge in [0.2, 0.25) is 0 Å². The Bertz CT molecular complexity index is 1000. The van der Waals surface area contributed by atoms with Gasteiger partial charge in [-0.2, -0.15) is 0 Å². The van der Waals surface area contributed by atoms with Gasteiger partial charge < -0.3 is 24.3 Å². The van der Waals surface area contributed by atoms with E-state index >= 15 is 0 Å². The first-order chi connectivity index (χ1) is 14.9. The molecule has 0 fully saturated rings. The van der Waals surface area contributed by atoms with E-state index in [-0.39, 0.29) is 18.5 Å². The summed E-state index contributed by atoms with van der Waals surface area (Å²) in [5.74, 6) is 0.964. The summed E-state index contributed by atoms with van der Waals surface area (Å²) in [6, 6.07) is 18.5. The number of ether oxygens (including phenoxy) is 1. The van der Waals surface area contributed by atoms with Crippen LogP contribution < -0.4 is 10.1 Å². The molecular formula is C24H27N3O4. The van der Waals surface area contributed by atoms with Gasteiger partial charge in [0.25, 0.3) is 5.91 Å². The van der Waals surface area contributed by atoms with Gasteiger partial charge in [-0.15, -0.1) is 0 Å². The van der Waals surface area contributed by atoms with Gasteiger partial charge in [0, 0.05) is 20.6 Å². The molecule has 0 saturated carbocycles. The Kier molecular flexibility index (Phi) is 7.32. The number of amides is 3. The van der Waals surface area contributed by atoms with Crippen molar-refractivity contribution in [3.63, 3.8) is 0 Å². The molecule has 0 aliphatic carbocycles. The van der Waals surface area contributed by atoms with Crippen LogP contribution in [-0.4, -0.2) is 42.4 Å². The van der Waals surface area contributed by atoms with E-state index in [1.807, 2.05) is 49.4 Å². The van der Waals surface area contributed by atoms with Crippen LogP contribution in [0.4, 0.5) is 10.5 Å². The number of hydrogen-bond acceptors (Lipinski definition) is 4. The van der Waals surface area contributed by atoms with Crippen LogP contribution in [0, 0.1) is 6.92 Å². The number of hydrogen-bond donors (Lipinski definition) is 1. The summed E-state index contributed by atoms with van der Waals surface area (Å²) >= 11 is 0. The number of nitrogens with zero attached hydrogens (tertiary/aromatic N) is 2. The lowest BCUT2D eigenvalue weighted by Gasteiger charge is -2.23. The third-order valence-corrected chi connectivity index (χ3v) is 4.66. The molecule has 0 bridgehead atoms. The fourth-order valence-electron chi connectivity index (χ4n) is 2.91. The maximum absolute atomic E-state index is 13.2. The highest BCUT2D eigenvalue weighted by molar-refractivity contribution is 5.91. The van der Waals surface area contributed by atoms with Crippen molar-refractivity contribution in [2.24, 2.45) is 0 Å². The van der Waals surface area contributed by atoms with Gasteiger partial charge in [-0.3, -0.25) is 4.79 Å². The van der Waals surface area contributed by atoms with Crippen molar-refractivity contribution >= 4 is 17.6 Å². The molecule has 3 aromatic rings. The molecular weight excluding hydrogens is 394 g/mol. The van der Waals surface area contributed by atoms with Gasteiger partial charge in [0.15, 0.2) is 6.61 Å². The molecule has 7 heteroatoms. The van der Waals surface area contributed by atoms with Crippen molar-refractivity contribution in [3.8, 4) is 5.75 Å². The predicted molar refractivity (Wildman–Crippen MR) is 119 cm³/mol. The van der Waals surface area contributed by atoms with Crippen LogP contribution in [0.3, 0.4) is 0 Å². The molecule has 0 unspecified atom stereocenters. The molecule has 162 valence electrons. The number of likely N-dealkylation sites (N-methyl/N-ethyl adjacent to an activating group) is 1. The quantitative estimate of drug-likeness (QED) is 0.589. The first-order valence-electron chi connectivity index (χ1n) is 9.98. The molecule has 0 radical (unpaired) electrons. The topological polar surface area (TPSA) is 75.0 Å². The number of aryl methyl sites for hydroxylation is 1. The molecule has 3 amide bonds. The molecule has 0 spiro atoms. The van der Waals surface area contributed by atoms with Crippen LogP contribution in [0.25, 0.3) is 0 Å². The number of carbonyl (C=O) groups excluding carboxylic acids is 2. The zero-order valence-corrected chi connectivity index (χ0v) is 18.0. The van der Waals surface area contributed by atoms with Crippen molar-refractivity contribution in [3.05, 3.63) is 83.8 Å². The smallest absolute Gasteiger partial charge is 0.322 e. The van der Waals surface area contributed by atoms with E-state index < -0.39 is 0 Å².